The lowest BCUT2D eigenvalue weighted by atomic mass is 10.1. The molecule has 31 heavy (non-hydrogen) atoms. The smallest absolute Gasteiger partial charge is 0.319 e. The molecular weight excluding hydrogens is 460 g/mol. The van der Waals surface area contributed by atoms with Gasteiger partial charge in [0.2, 0.25) is 0 Å². The molecule has 8 nitrogen and oxygen atoms in total. The average Bonchev–Trinajstić information content (AvgIpc) is 3.41. The van der Waals surface area contributed by atoms with E-state index >= 15 is 0 Å². The number of hydrogen-bond acceptors (Lipinski definition) is 8. The number of furan rings is 1. The van der Waals surface area contributed by atoms with Crippen molar-refractivity contribution in [2.45, 2.75) is 31.3 Å². The van der Waals surface area contributed by atoms with Gasteiger partial charge >= 0.3 is 6.01 Å². The summed E-state index contributed by atoms with van der Waals surface area (Å²) in [6, 6.07) is 7.09. The normalized spacial score (nSPS) is 22.3. The fourth-order valence-corrected chi connectivity index (χ4v) is 5.10. The Morgan fingerprint density at radius 3 is 3.10 bits per heavy atom. The highest BCUT2D eigenvalue weighted by molar-refractivity contribution is 9.10. The van der Waals surface area contributed by atoms with Gasteiger partial charge in [0.1, 0.15) is 18.0 Å². The second-order valence-electron chi connectivity index (χ2n) is 8.29. The number of nitrogens with zero attached hydrogens (tertiary/aromatic N) is 5. The van der Waals surface area contributed by atoms with Crippen LogP contribution in [0.5, 0.6) is 6.01 Å². The number of hydrogen-bond donors (Lipinski definition) is 1. The van der Waals surface area contributed by atoms with Crippen LogP contribution in [-0.2, 0) is 0 Å². The zero-order chi connectivity index (χ0) is 21.4. The average molecular weight is 485 g/mol. The molecule has 9 heteroatoms. The summed E-state index contributed by atoms with van der Waals surface area (Å²) in [6.45, 7) is 3.95. The van der Waals surface area contributed by atoms with Crippen molar-refractivity contribution in [3.8, 4) is 12.1 Å². The number of nitrogens with one attached hydrogen (secondary N) is 1. The maximum absolute atomic E-state index is 9.15. The molecule has 2 fully saturated rings. The topological polar surface area (TPSA) is 90.5 Å². The molecule has 0 unspecified atom stereocenters. The number of rotatable bonds is 5. The van der Waals surface area contributed by atoms with Crippen LogP contribution in [0.3, 0.4) is 0 Å². The van der Waals surface area contributed by atoms with E-state index in [2.05, 4.69) is 44.2 Å². The van der Waals surface area contributed by atoms with E-state index in [0.29, 0.717) is 31.6 Å². The number of benzene rings is 1. The fraction of sp³-hybridized carbons (Fsp3) is 0.500. The van der Waals surface area contributed by atoms with Crippen LogP contribution in [0, 0.1) is 11.3 Å². The van der Waals surface area contributed by atoms with Crippen molar-refractivity contribution in [3.63, 3.8) is 0 Å². The van der Waals surface area contributed by atoms with Gasteiger partial charge in [-0.2, -0.15) is 15.2 Å². The predicted molar refractivity (Wildman–Crippen MR) is 122 cm³/mol. The second-order valence-corrected chi connectivity index (χ2v) is 9.15. The highest BCUT2D eigenvalue weighted by Crippen LogP contribution is 2.38. The lowest BCUT2D eigenvalue weighted by molar-refractivity contribution is 0.188. The van der Waals surface area contributed by atoms with Crippen LogP contribution in [0.2, 0.25) is 0 Å². The van der Waals surface area contributed by atoms with Crippen LogP contribution in [0.25, 0.3) is 21.9 Å². The van der Waals surface area contributed by atoms with Gasteiger partial charge < -0.3 is 24.3 Å². The van der Waals surface area contributed by atoms with Gasteiger partial charge in [0.25, 0.3) is 0 Å². The molecule has 0 amide bonds. The zero-order valence-corrected chi connectivity index (χ0v) is 19.1. The van der Waals surface area contributed by atoms with E-state index in [9.17, 15) is 0 Å². The summed E-state index contributed by atoms with van der Waals surface area (Å²) >= 11 is 3.65. The predicted octanol–water partition coefficient (Wildman–Crippen LogP) is 3.30. The van der Waals surface area contributed by atoms with Crippen molar-refractivity contribution in [1.82, 2.24) is 20.2 Å². The van der Waals surface area contributed by atoms with E-state index in [-0.39, 0.29) is 6.04 Å². The molecule has 1 N–H and O–H groups in total. The zero-order valence-electron chi connectivity index (χ0n) is 17.5. The first-order valence-electron chi connectivity index (χ1n) is 10.7. The number of anilines is 1. The van der Waals surface area contributed by atoms with Crippen molar-refractivity contribution >= 4 is 43.6 Å². The van der Waals surface area contributed by atoms with E-state index in [1.165, 1.54) is 6.42 Å². The lowest BCUT2D eigenvalue weighted by Crippen LogP contribution is -2.51. The van der Waals surface area contributed by atoms with Gasteiger partial charge in [0.15, 0.2) is 0 Å². The third-order valence-electron chi connectivity index (χ3n) is 6.28. The Labute approximate surface area is 189 Å². The molecule has 2 saturated heterocycles. The van der Waals surface area contributed by atoms with Gasteiger partial charge in [0.05, 0.1) is 29.7 Å². The number of halogens is 1. The maximum atomic E-state index is 9.15. The summed E-state index contributed by atoms with van der Waals surface area (Å²) in [6.07, 6.45) is 4.47. The number of fused-ring (bicyclic) bond motifs is 3. The van der Waals surface area contributed by atoms with Crippen molar-refractivity contribution in [1.29, 1.82) is 5.26 Å². The van der Waals surface area contributed by atoms with Crippen LogP contribution in [0.4, 0.5) is 5.82 Å². The van der Waals surface area contributed by atoms with Gasteiger partial charge in [-0.3, -0.25) is 0 Å². The fourth-order valence-electron chi connectivity index (χ4n) is 4.57. The number of likely N-dealkylation sites (tertiary alicyclic amines) is 1. The maximum Gasteiger partial charge on any atom is 0.319 e. The minimum atomic E-state index is 0.0998. The SMILES string of the molecule is CN1CCC[C@H]1COc1nc(N2CCN[C@@H](CC#N)C2)c2c(cc(Br)c3ccoc32)n1. The third-order valence-corrected chi connectivity index (χ3v) is 6.94. The van der Waals surface area contributed by atoms with Crippen LogP contribution in [0.1, 0.15) is 19.3 Å². The first kappa shape index (κ1) is 20.5. The third kappa shape index (κ3) is 3.95. The molecule has 0 spiro atoms. The molecule has 5 rings (SSSR count). The first-order valence-corrected chi connectivity index (χ1v) is 11.5. The largest absolute Gasteiger partial charge is 0.463 e. The number of nitriles is 1. The molecule has 0 aliphatic carbocycles. The Hall–Kier alpha value is -2.41. The van der Waals surface area contributed by atoms with Crippen LogP contribution < -0.4 is 15.0 Å². The summed E-state index contributed by atoms with van der Waals surface area (Å²) in [5.74, 6) is 0.802. The molecule has 0 radical (unpaired) electrons. The van der Waals surface area contributed by atoms with E-state index in [4.69, 9.17) is 24.4 Å². The summed E-state index contributed by atoms with van der Waals surface area (Å²) in [5, 5.41) is 14.4. The number of likely N-dealkylation sites (N-methyl/N-ethyl adjacent to an activating group) is 1. The Morgan fingerprint density at radius 1 is 1.39 bits per heavy atom. The molecule has 2 aliphatic rings. The standard InChI is InChI=1S/C22H25BrN6O2/c1-28-8-2-3-15(28)13-31-22-26-18-11-17(23)16-5-10-30-20(16)19(18)21(27-22)29-9-7-25-14(12-29)4-6-24/h5,10-11,14-15,25H,2-4,7-9,12-13H2,1H3/t14-,15-/m0/s1. The first-order chi connectivity index (χ1) is 15.1. The van der Waals surface area contributed by atoms with E-state index in [0.717, 1.165) is 58.2 Å². The van der Waals surface area contributed by atoms with Gasteiger partial charge in [-0.1, -0.05) is 0 Å². The Bertz CT molecular complexity index is 1140. The van der Waals surface area contributed by atoms with Gasteiger partial charge in [0, 0.05) is 41.6 Å². The number of ether oxygens (including phenoxy) is 1. The minimum absolute atomic E-state index is 0.0998. The number of piperazine rings is 1. The molecule has 4 heterocycles. The molecule has 162 valence electrons. The molecule has 2 aliphatic heterocycles. The summed E-state index contributed by atoms with van der Waals surface area (Å²) in [7, 11) is 2.13. The lowest BCUT2D eigenvalue weighted by Gasteiger charge is -2.34. The van der Waals surface area contributed by atoms with Crippen LogP contribution in [-0.4, -0.2) is 66.8 Å². The summed E-state index contributed by atoms with van der Waals surface area (Å²) in [5.41, 5.74) is 1.54. The Balaban J connectivity index is 1.56. The van der Waals surface area contributed by atoms with Gasteiger partial charge in [-0.15, -0.1) is 0 Å². The van der Waals surface area contributed by atoms with Crippen molar-refractivity contribution in [2.24, 2.45) is 0 Å². The highest BCUT2D eigenvalue weighted by atomic mass is 79.9. The van der Waals surface area contributed by atoms with Crippen LogP contribution >= 0.6 is 15.9 Å². The van der Waals surface area contributed by atoms with E-state index in [1.807, 2.05) is 12.1 Å². The molecule has 0 bridgehead atoms. The van der Waals surface area contributed by atoms with E-state index in [1.54, 1.807) is 6.26 Å². The van der Waals surface area contributed by atoms with Gasteiger partial charge in [-0.25, -0.2) is 0 Å². The highest BCUT2D eigenvalue weighted by Gasteiger charge is 2.26. The van der Waals surface area contributed by atoms with Crippen molar-refractivity contribution in [2.75, 3.05) is 44.7 Å². The van der Waals surface area contributed by atoms with Crippen molar-refractivity contribution < 1.29 is 9.15 Å². The molecular formula is C22H25BrN6O2. The summed E-state index contributed by atoms with van der Waals surface area (Å²) in [4.78, 5) is 14.1. The molecule has 0 saturated carbocycles. The summed E-state index contributed by atoms with van der Waals surface area (Å²) < 4.78 is 12.9. The quantitative estimate of drug-likeness (QED) is 0.589. The Kier molecular flexibility index (Phi) is 5.69. The van der Waals surface area contributed by atoms with Gasteiger partial charge in [-0.05, 0) is 54.5 Å². The number of aromatic nitrogens is 2. The molecule has 2 aromatic heterocycles. The molecule has 2 atom stereocenters. The molecule has 1 aromatic carbocycles. The minimum Gasteiger partial charge on any atom is -0.463 e. The monoisotopic (exact) mass is 484 g/mol. The second kappa shape index (κ2) is 8.61. The molecule has 3 aromatic rings. The van der Waals surface area contributed by atoms with Crippen molar-refractivity contribution in [3.05, 3.63) is 22.9 Å². The van der Waals surface area contributed by atoms with Crippen LogP contribution in [0.15, 0.2) is 27.3 Å². The van der Waals surface area contributed by atoms with E-state index < -0.39 is 0 Å². The Morgan fingerprint density at radius 2 is 2.29 bits per heavy atom.